The summed E-state index contributed by atoms with van der Waals surface area (Å²) in [5, 5.41) is -0.145. The Morgan fingerprint density at radius 1 is 1.33 bits per heavy atom. The summed E-state index contributed by atoms with van der Waals surface area (Å²) in [6, 6.07) is 9.65. The number of hydrogen-bond donors (Lipinski definition) is 0. The first kappa shape index (κ1) is 10.2. The molecule has 2 heterocycles. The normalized spacial score (nSPS) is 12.7. The molecule has 0 aliphatic carbocycles. The van der Waals surface area contributed by atoms with Crippen LogP contribution in [-0.4, -0.2) is 4.98 Å². The molecular weight excluding hydrogens is 210 g/mol. The Labute approximate surface area is 93.9 Å². The van der Waals surface area contributed by atoms with E-state index in [0.717, 1.165) is 17.2 Å². The molecule has 2 nitrogen and oxygen atoms in total. The molecule has 3 heteroatoms. The Bertz CT molecular complexity index is 424. The third-order valence-electron chi connectivity index (χ3n) is 2.18. The smallest absolute Gasteiger partial charge is 0.122 e. The third kappa shape index (κ3) is 2.60. The number of alkyl halides is 1. The van der Waals surface area contributed by atoms with Crippen molar-refractivity contribution in [3.8, 4) is 0 Å². The molecule has 1 unspecified atom stereocenters. The summed E-state index contributed by atoms with van der Waals surface area (Å²) in [5.41, 5.74) is 0.978. The first-order valence-electron chi connectivity index (χ1n) is 4.86. The van der Waals surface area contributed by atoms with Crippen LogP contribution in [0.25, 0.3) is 0 Å². The standard InChI is InChI=1S/C12H12ClNO/c1-9-5-6-12(15-9)11(13)8-10-4-2-3-7-14-10/h2-7,11H,8H2,1H3. The van der Waals surface area contributed by atoms with Crippen LogP contribution in [0.5, 0.6) is 0 Å². The molecule has 2 rings (SSSR count). The topological polar surface area (TPSA) is 26.0 Å². The van der Waals surface area contributed by atoms with E-state index in [9.17, 15) is 0 Å². The number of aromatic nitrogens is 1. The molecule has 0 amide bonds. The van der Waals surface area contributed by atoms with Gasteiger partial charge in [0.25, 0.3) is 0 Å². The van der Waals surface area contributed by atoms with Gasteiger partial charge < -0.3 is 4.42 Å². The number of nitrogens with zero attached hydrogens (tertiary/aromatic N) is 1. The molecule has 0 N–H and O–H groups in total. The van der Waals surface area contributed by atoms with Gasteiger partial charge in [-0.2, -0.15) is 0 Å². The van der Waals surface area contributed by atoms with Crippen molar-refractivity contribution < 1.29 is 4.42 Å². The van der Waals surface area contributed by atoms with E-state index in [1.807, 2.05) is 37.3 Å². The van der Waals surface area contributed by atoms with Gasteiger partial charge in [0, 0.05) is 18.3 Å². The summed E-state index contributed by atoms with van der Waals surface area (Å²) in [5.74, 6) is 1.69. The summed E-state index contributed by atoms with van der Waals surface area (Å²) in [6.45, 7) is 1.91. The van der Waals surface area contributed by atoms with Crippen molar-refractivity contribution in [3.05, 3.63) is 53.7 Å². The first-order chi connectivity index (χ1) is 7.25. The number of aryl methyl sites for hydroxylation is 1. The van der Waals surface area contributed by atoms with Gasteiger partial charge in [0.1, 0.15) is 11.5 Å². The summed E-state index contributed by atoms with van der Waals surface area (Å²) in [7, 11) is 0. The van der Waals surface area contributed by atoms with E-state index in [2.05, 4.69) is 4.98 Å². The lowest BCUT2D eigenvalue weighted by Gasteiger charge is -2.05. The van der Waals surface area contributed by atoms with Crippen LogP contribution >= 0.6 is 11.6 Å². The first-order valence-corrected chi connectivity index (χ1v) is 5.29. The highest BCUT2D eigenvalue weighted by atomic mass is 35.5. The zero-order chi connectivity index (χ0) is 10.7. The van der Waals surface area contributed by atoms with Crippen molar-refractivity contribution in [1.29, 1.82) is 0 Å². The summed E-state index contributed by atoms with van der Waals surface area (Å²) < 4.78 is 5.46. The van der Waals surface area contributed by atoms with Gasteiger partial charge in [0.2, 0.25) is 0 Å². The summed E-state index contributed by atoms with van der Waals surface area (Å²) in [4.78, 5) is 4.22. The lowest BCUT2D eigenvalue weighted by Crippen LogP contribution is -1.96. The van der Waals surface area contributed by atoms with Gasteiger partial charge in [-0.05, 0) is 31.2 Å². The Morgan fingerprint density at radius 3 is 2.80 bits per heavy atom. The van der Waals surface area contributed by atoms with Crippen molar-refractivity contribution in [3.63, 3.8) is 0 Å². The number of hydrogen-bond acceptors (Lipinski definition) is 2. The van der Waals surface area contributed by atoms with Crippen molar-refractivity contribution >= 4 is 11.6 Å². The van der Waals surface area contributed by atoms with E-state index in [1.165, 1.54) is 0 Å². The second-order valence-electron chi connectivity index (χ2n) is 3.44. The Morgan fingerprint density at radius 2 is 2.20 bits per heavy atom. The maximum Gasteiger partial charge on any atom is 0.122 e. The van der Waals surface area contributed by atoms with Crippen LogP contribution in [0.1, 0.15) is 22.6 Å². The Kier molecular flexibility index (Phi) is 3.07. The van der Waals surface area contributed by atoms with Gasteiger partial charge in [-0.25, -0.2) is 0 Å². The molecule has 0 bridgehead atoms. The number of pyridine rings is 1. The van der Waals surface area contributed by atoms with Crippen LogP contribution in [0.3, 0.4) is 0 Å². The van der Waals surface area contributed by atoms with E-state index in [0.29, 0.717) is 6.42 Å². The minimum atomic E-state index is -0.145. The molecule has 2 aromatic heterocycles. The van der Waals surface area contributed by atoms with Crippen molar-refractivity contribution in [2.75, 3.05) is 0 Å². The molecule has 0 saturated carbocycles. The molecule has 0 aliphatic rings. The van der Waals surface area contributed by atoms with Gasteiger partial charge in [-0.1, -0.05) is 6.07 Å². The molecule has 0 aliphatic heterocycles. The Balaban J connectivity index is 2.07. The van der Waals surface area contributed by atoms with Gasteiger partial charge in [-0.3, -0.25) is 4.98 Å². The third-order valence-corrected chi connectivity index (χ3v) is 2.55. The van der Waals surface area contributed by atoms with E-state index in [-0.39, 0.29) is 5.38 Å². The summed E-state index contributed by atoms with van der Waals surface area (Å²) in [6.07, 6.45) is 2.46. The highest BCUT2D eigenvalue weighted by molar-refractivity contribution is 6.20. The predicted molar refractivity (Wildman–Crippen MR) is 60.0 cm³/mol. The molecule has 0 spiro atoms. The largest absolute Gasteiger partial charge is 0.465 e. The monoisotopic (exact) mass is 221 g/mol. The average Bonchev–Trinajstić information content (AvgIpc) is 2.66. The minimum Gasteiger partial charge on any atom is -0.465 e. The van der Waals surface area contributed by atoms with Crippen LogP contribution < -0.4 is 0 Å². The maximum absolute atomic E-state index is 6.22. The van der Waals surface area contributed by atoms with Gasteiger partial charge >= 0.3 is 0 Å². The molecular formula is C12H12ClNO. The quantitative estimate of drug-likeness (QED) is 0.742. The van der Waals surface area contributed by atoms with Crippen LogP contribution in [0.4, 0.5) is 0 Å². The fraction of sp³-hybridized carbons (Fsp3) is 0.250. The van der Waals surface area contributed by atoms with E-state index < -0.39 is 0 Å². The van der Waals surface area contributed by atoms with E-state index in [4.69, 9.17) is 16.0 Å². The molecule has 0 fully saturated rings. The molecule has 78 valence electrons. The van der Waals surface area contributed by atoms with E-state index in [1.54, 1.807) is 6.20 Å². The molecule has 1 atom stereocenters. The second-order valence-corrected chi connectivity index (χ2v) is 3.97. The fourth-order valence-corrected chi connectivity index (χ4v) is 1.70. The maximum atomic E-state index is 6.22. The van der Waals surface area contributed by atoms with Gasteiger partial charge in [-0.15, -0.1) is 11.6 Å². The summed E-state index contributed by atoms with van der Waals surface area (Å²) >= 11 is 6.22. The van der Waals surface area contributed by atoms with Crippen LogP contribution in [0, 0.1) is 6.92 Å². The minimum absolute atomic E-state index is 0.145. The van der Waals surface area contributed by atoms with Crippen LogP contribution in [-0.2, 0) is 6.42 Å². The van der Waals surface area contributed by atoms with Crippen LogP contribution in [0.2, 0.25) is 0 Å². The zero-order valence-electron chi connectivity index (χ0n) is 8.48. The predicted octanol–water partition coefficient (Wildman–Crippen LogP) is 3.51. The zero-order valence-corrected chi connectivity index (χ0v) is 9.24. The lowest BCUT2D eigenvalue weighted by atomic mass is 10.2. The molecule has 15 heavy (non-hydrogen) atoms. The van der Waals surface area contributed by atoms with Gasteiger partial charge in [0.05, 0.1) is 5.38 Å². The molecule has 0 aromatic carbocycles. The molecule has 0 radical (unpaired) electrons. The average molecular weight is 222 g/mol. The molecule has 0 saturated heterocycles. The fourth-order valence-electron chi connectivity index (χ4n) is 1.42. The Hall–Kier alpha value is -1.28. The van der Waals surface area contributed by atoms with Crippen molar-refractivity contribution in [1.82, 2.24) is 4.98 Å². The number of halogens is 1. The van der Waals surface area contributed by atoms with Crippen molar-refractivity contribution in [2.24, 2.45) is 0 Å². The number of furan rings is 1. The lowest BCUT2D eigenvalue weighted by molar-refractivity contribution is 0.476. The number of rotatable bonds is 3. The van der Waals surface area contributed by atoms with Crippen molar-refractivity contribution in [2.45, 2.75) is 18.7 Å². The van der Waals surface area contributed by atoms with Gasteiger partial charge in [0.15, 0.2) is 0 Å². The molecule has 2 aromatic rings. The second kappa shape index (κ2) is 4.49. The van der Waals surface area contributed by atoms with Crippen LogP contribution in [0.15, 0.2) is 40.9 Å². The SMILES string of the molecule is Cc1ccc(C(Cl)Cc2ccccn2)o1. The highest BCUT2D eigenvalue weighted by Crippen LogP contribution is 2.25. The highest BCUT2D eigenvalue weighted by Gasteiger charge is 2.12. The van der Waals surface area contributed by atoms with E-state index >= 15 is 0 Å².